The van der Waals surface area contributed by atoms with Gasteiger partial charge in [0.25, 0.3) is 0 Å². The molecule has 0 saturated heterocycles. The van der Waals surface area contributed by atoms with Crippen molar-refractivity contribution in [1.29, 1.82) is 0 Å². The molecule has 0 fully saturated rings. The number of nitro groups is 1. The van der Waals surface area contributed by atoms with Gasteiger partial charge in [-0.15, -0.1) is 11.3 Å². The van der Waals surface area contributed by atoms with Crippen LogP contribution in [0.1, 0.15) is 18.7 Å². The smallest absolute Gasteiger partial charge is 0.310 e. The summed E-state index contributed by atoms with van der Waals surface area (Å²) in [6, 6.07) is 9.18. The van der Waals surface area contributed by atoms with Gasteiger partial charge in [-0.05, 0) is 37.4 Å². The van der Waals surface area contributed by atoms with Crippen molar-refractivity contribution >= 4 is 34.3 Å². The molecule has 6 heteroatoms. The lowest BCUT2D eigenvalue weighted by molar-refractivity contribution is -0.384. The largest absolute Gasteiger partial charge is 0.358 e. The van der Waals surface area contributed by atoms with Gasteiger partial charge in [-0.2, -0.15) is 0 Å². The summed E-state index contributed by atoms with van der Waals surface area (Å²) >= 11 is 7.63. The van der Waals surface area contributed by atoms with Crippen molar-refractivity contribution in [1.82, 2.24) is 0 Å². The van der Waals surface area contributed by atoms with Crippen LogP contribution in [-0.2, 0) is 6.54 Å². The fraction of sp³-hybridized carbons (Fsp3) is 0.286. The van der Waals surface area contributed by atoms with Gasteiger partial charge >= 0.3 is 5.69 Å². The molecule has 0 aliphatic heterocycles. The number of halogens is 1. The Morgan fingerprint density at radius 2 is 2.10 bits per heavy atom. The highest BCUT2D eigenvalue weighted by Gasteiger charge is 2.24. The van der Waals surface area contributed by atoms with E-state index in [9.17, 15) is 10.1 Å². The summed E-state index contributed by atoms with van der Waals surface area (Å²) in [4.78, 5) is 14.0. The molecule has 1 aromatic carbocycles. The van der Waals surface area contributed by atoms with Crippen molar-refractivity contribution in [2.45, 2.75) is 26.4 Å². The Bertz CT molecular complexity index is 599. The van der Waals surface area contributed by atoms with Crippen molar-refractivity contribution < 1.29 is 4.92 Å². The van der Waals surface area contributed by atoms with Crippen LogP contribution in [0.2, 0.25) is 5.02 Å². The molecule has 0 bridgehead atoms. The van der Waals surface area contributed by atoms with Crippen molar-refractivity contribution in [3.63, 3.8) is 0 Å². The zero-order valence-electron chi connectivity index (χ0n) is 11.2. The minimum atomic E-state index is -0.415. The van der Waals surface area contributed by atoms with Gasteiger partial charge in [-0.25, -0.2) is 0 Å². The zero-order chi connectivity index (χ0) is 14.7. The molecule has 0 unspecified atom stereocenters. The van der Waals surface area contributed by atoms with Gasteiger partial charge in [0.15, 0.2) is 0 Å². The van der Waals surface area contributed by atoms with Gasteiger partial charge in [0.05, 0.1) is 11.5 Å². The van der Waals surface area contributed by atoms with Gasteiger partial charge in [-0.1, -0.05) is 23.7 Å². The maximum Gasteiger partial charge on any atom is 0.310 e. The highest BCUT2D eigenvalue weighted by atomic mass is 35.5. The minimum absolute atomic E-state index is 0.0283. The summed E-state index contributed by atoms with van der Waals surface area (Å²) in [5, 5.41) is 13.4. The second-order valence-corrected chi connectivity index (χ2v) is 6.11. The summed E-state index contributed by atoms with van der Waals surface area (Å²) in [5.74, 6) is 0. The van der Waals surface area contributed by atoms with E-state index in [0.29, 0.717) is 12.2 Å². The Hall–Kier alpha value is -1.59. The highest BCUT2D eigenvalue weighted by Crippen LogP contribution is 2.36. The molecule has 0 atom stereocenters. The molecule has 2 rings (SSSR count). The van der Waals surface area contributed by atoms with E-state index >= 15 is 0 Å². The van der Waals surface area contributed by atoms with Crippen LogP contribution in [0.4, 0.5) is 11.4 Å². The Morgan fingerprint density at radius 1 is 1.35 bits per heavy atom. The molecule has 0 spiro atoms. The Morgan fingerprint density at radius 3 is 2.65 bits per heavy atom. The Balaban J connectivity index is 2.44. The minimum Gasteiger partial charge on any atom is -0.358 e. The number of thiophene rings is 1. The molecule has 1 aromatic heterocycles. The van der Waals surface area contributed by atoms with Crippen LogP contribution in [0.15, 0.2) is 35.7 Å². The third-order valence-corrected chi connectivity index (χ3v) is 4.15. The van der Waals surface area contributed by atoms with Crippen LogP contribution in [0.3, 0.4) is 0 Å². The average molecular weight is 311 g/mol. The van der Waals surface area contributed by atoms with E-state index in [-0.39, 0.29) is 16.8 Å². The fourth-order valence-electron chi connectivity index (χ4n) is 2.03. The third-order valence-electron chi connectivity index (χ3n) is 2.99. The Kier molecular flexibility index (Phi) is 4.62. The first-order valence-electron chi connectivity index (χ1n) is 6.22. The quantitative estimate of drug-likeness (QED) is 0.592. The second kappa shape index (κ2) is 6.24. The SMILES string of the molecule is CC(C)N(Cc1cccs1)c1cccc(Cl)c1[N+](=O)[O-]. The number of hydrogen-bond donors (Lipinski definition) is 0. The van der Waals surface area contributed by atoms with E-state index in [1.807, 2.05) is 36.3 Å². The first-order chi connectivity index (χ1) is 9.50. The van der Waals surface area contributed by atoms with E-state index in [2.05, 4.69) is 0 Å². The molecule has 0 saturated carbocycles. The number of anilines is 1. The summed E-state index contributed by atoms with van der Waals surface area (Å²) in [5.41, 5.74) is 0.533. The lowest BCUT2D eigenvalue weighted by atomic mass is 10.2. The van der Waals surface area contributed by atoms with Gasteiger partial charge in [0.2, 0.25) is 0 Å². The van der Waals surface area contributed by atoms with E-state index in [4.69, 9.17) is 11.6 Å². The van der Waals surface area contributed by atoms with Crippen molar-refractivity contribution in [2.24, 2.45) is 0 Å². The number of nitro benzene ring substituents is 1. The third kappa shape index (κ3) is 3.11. The maximum atomic E-state index is 11.3. The van der Waals surface area contributed by atoms with E-state index in [1.54, 1.807) is 29.5 Å². The highest BCUT2D eigenvalue weighted by molar-refractivity contribution is 7.09. The topological polar surface area (TPSA) is 46.4 Å². The summed E-state index contributed by atoms with van der Waals surface area (Å²) < 4.78 is 0. The molecule has 0 radical (unpaired) electrons. The Labute approximate surface area is 126 Å². The number of hydrogen-bond acceptors (Lipinski definition) is 4. The van der Waals surface area contributed by atoms with Crippen LogP contribution >= 0.6 is 22.9 Å². The summed E-state index contributed by atoms with van der Waals surface area (Å²) in [6.07, 6.45) is 0. The summed E-state index contributed by atoms with van der Waals surface area (Å²) in [6.45, 7) is 4.66. The molecular formula is C14H15ClN2O2S. The van der Waals surface area contributed by atoms with Crippen molar-refractivity contribution in [3.8, 4) is 0 Å². The van der Waals surface area contributed by atoms with Gasteiger partial charge in [0, 0.05) is 10.9 Å². The average Bonchev–Trinajstić information content (AvgIpc) is 2.87. The molecule has 0 aliphatic rings. The van der Waals surface area contributed by atoms with E-state index in [0.717, 1.165) is 4.88 Å². The van der Waals surface area contributed by atoms with Crippen molar-refractivity contribution in [2.75, 3.05) is 4.90 Å². The van der Waals surface area contributed by atoms with Gasteiger partial charge < -0.3 is 4.90 Å². The molecule has 1 heterocycles. The number of rotatable bonds is 5. The van der Waals surface area contributed by atoms with Crippen LogP contribution < -0.4 is 4.90 Å². The normalized spacial score (nSPS) is 10.8. The number of benzene rings is 1. The molecule has 20 heavy (non-hydrogen) atoms. The van der Waals surface area contributed by atoms with Crippen LogP contribution in [0.25, 0.3) is 0 Å². The fourth-order valence-corrected chi connectivity index (χ4v) is 2.97. The van der Waals surface area contributed by atoms with Crippen LogP contribution in [0.5, 0.6) is 0 Å². The molecule has 0 N–H and O–H groups in total. The summed E-state index contributed by atoms with van der Waals surface area (Å²) in [7, 11) is 0. The first-order valence-corrected chi connectivity index (χ1v) is 7.48. The van der Waals surface area contributed by atoms with Gasteiger partial charge in [-0.3, -0.25) is 10.1 Å². The molecule has 0 amide bonds. The predicted octanol–water partition coefficient (Wildman–Crippen LogP) is 4.72. The number of nitrogens with zero attached hydrogens (tertiary/aromatic N) is 2. The molecule has 0 aliphatic carbocycles. The number of para-hydroxylation sites is 1. The predicted molar refractivity (Wildman–Crippen MR) is 83.7 cm³/mol. The van der Waals surface area contributed by atoms with Crippen LogP contribution in [0, 0.1) is 10.1 Å². The first kappa shape index (κ1) is 14.8. The zero-order valence-corrected chi connectivity index (χ0v) is 12.8. The van der Waals surface area contributed by atoms with E-state index in [1.165, 1.54) is 0 Å². The van der Waals surface area contributed by atoms with Crippen LogP contribution in [-0.4, -0.2) is 11.0 Å². The van der Waals surface area contributed by atoms with Crippen molar-refractivity contribution in [3.05, 3.63) is 55.7 Å². The van der Waals surface area contributed by atoms with Gasteiger partial charge in [0.1, 0.15) is 10.7 Å². The standard InChI is InChI=1S/C14H15ClN2O2S/c1-10(2)16(9-11-5-4-8-20-11)13-7-3-6-12(15)14(13)17(18)19/h3-8,10H,9H2,1-2H3. The lowest BCUT2D eigenvalue weighted by Gasteiger charge is -2.28. The lowest BCUT2D eigenvalue weighted by Crippen LogP contribution is -2.30. The molecule has 106 valence electrons. The molecule has 2 aromatic rings. The molecular weight excluding hydrogens is 296 g/mol. The molecule has 4 nitrogen and oxygen atoms in total. The van der Waals surface area contributed by atoms with E-state index < -0.39 is 4.92 Å². The monoisotopic (exact) mass is 310 g/mol. The maximum absolute atomic E-state index is 11.3. The second-order valence-electron chi connectivity index (χ2n) is 4.67.